The van der Waals surface area contributed by atoms with Gasteiger partial charge in [0.15, 0.2) is 17.5 Å². The van der Waals surface area contributed by atoms with Crippen LogP contribution in [0.5, 0.6) is 11.5 Å². The van der Waals surface area contributed by atoms with E-state index in [2.05, 4.69) is 5.32 Å². The van der Waals surface area contributed by atoms with Crippen LogP contribution in [-0.4, -0.2) is 42.7 Å². The van der Waals surface area contributed by atoms with Gasteiger partial charge in [0.2, 0.25) is 0 Å². The minimum atomic E-state index is -4.67. The summed E-state index contributed by atoms with van der Waals surface area (Å²) >= 11 is 0. The highest BCUT2D eigenvalue weighted by molar-refractivity contribution is 7.79. The summed E-state index contributed by atoms with van der Waals surface area (Å²) in [4.78, 5) is 0. The molecule has 10 heteroatoms. The smallest absolute Gasteiger partial charge is 0.394 e. The van der Waals surface area contributed by atoms with Crippen molar-refractivity contribution in [2.75, 3.05) is 13.2 Å². The summed E-state index contributed by atoms with van der Waals surface area (Å²) < 4.78 is 42.7. The third kappa shape index (κ3) is 6.78. The number of ether oxygens (including phenoxy) is 2. The Morgan fingerprint density at radius 3 is 2.50 bits per heavy atom. The molecular formula is C10H15N3O6S. The van der Waals surface area contributed by atoms with E-state index in [0.717, 1.165) is 11.5 Å². The first kappa shape index (κ1) is 16.0. The van der Waals surface area contributed by atoms with Gasteiger partial charge in [-0.15, -0.1) is 0 Å². The van der Waals surface area contributed by atoms with E-state index in [0.29, 0.717) is 13.2 Å². The fraction of sp³-hybridized carbons (Fsp3) is 0.300. The van der Waals surface area contributed by atoms with Crippen LogP contribution >= 0.6 is 0 Å². The first-order chi connectivity index (χ1) is 9.25. The molecule has 1 aliphatic heterocycles. The monoisotopic (exact) mass is 305 g/mol. The molecule has 112 valence electrons. The molecule has 9 nitrogen and oxygen atoms in total. The average molecular weight is 305 g/mol. The molecule has 1 atom stereocenters. The van der Waals surface area contributed by atoms with E-state index in [1.54, 1.807) is 0 Å². The van der Waals surface area contributed by atoms with Gasteiger partial charge in [0.05, 0.1) is 6.54 Å². The van der Waals surface area contributed by atoms with Crippen LogP contribution in [0.1, 0.15) is 0 Å². The van der Waals surface area contributed by atoms with Gasteiger partial charge < -0.3 is 20.5 Å². The molecule has 0 amide bonds. The van der Waals surface area contributed by atoms with E-state index < -0.39 is 10.4 Å². The van der Waals surface area contributed by atoms with E-state index in [1.807, 2.05) is 24.3 Å². The first-order valence-electron chi connectivity index (χ1n) is 5.42. The number of hydrogen-bond donors (Lipinski definition) is 5. The fourth-order valence-electron chi connectivity index (χ4n) is 1.39. The second-order valence-corrected chi connectivity index (χ2v) is 4.64. The van der Waals surface area contributed by atoms with Crippen LogP contribution in [0.25, 0.3) is 0 Å². The Bertz CT molecular complexity index is 554. The number of nitrogens with one attached hydrogen (secondary N) is 2. The normalized spacial score (nSPS) is 16.6. The Balaban J connectivity index is 0.000000347. The molecule has 0 aromatic heterocycles. The van der Waals surface area contributed by atoms with Crippen molar-refractivity contribution in [1.29, 1.82) is 5.41 Å². The van der Waals surface area contributed by atoms with Gasteiger partial charge in [-0.05, 0) is 12.1 Å². The van der Waals surface area contributed by atoms with Crippen LogP contribution in [0.4, 0.5) is 0 Å². The van der Waals surface area contributed by atoms with Crippen molar-refractivity contribution in [1.82, 2.24) is 5.32 Å². The highest BCUT2D eigenvalue weighted by Crippen LogP contribution is 2.30. The molecule has 0 spiro atoms. The molecule has 1 aromatic carbocycles. The lowest BCUT2D eigenvalue weighted by atomic mass is 10.2. The van der Waals surface area contributed by atoms with Crippen molar-refractivity contribution in [3.05, 3.63) is 24.3 Å². The molecule has 0 fully saturated rings. The highest BCUT2D eigenvalue weighted by atomic mass is 32.3. The van der Waals surface area contributed by atoms with Crippen LogP contribution < -0.4 is 20.5 Å². The largest absolute Gasteiger partial charge is 0.486 e. The summed E-state index contributed by atoms with van der Waals surface area (Å²) in [5, 5.41) is 9.73. The fourth-order valence-corrected chi connectivity index (χ4v) is 1.39. The topological polar surface area (TPSA) is 155 Å². The molecule has 0 saturated heterocycles. The van der Waals surface area contributed by atoms with E-state index in [4.69, 9.17) is 38.1 Å². The Labute approximate surface area is 115 Å². The number of para-hydroxylation sites is 2. The molecule has 20 heavy (non-hydrogen) atoms. The van der Waals surface area contributed by atoms with Crippen molar-refractivity contribution in [2.24, 2.45) is 5.73 Å². The zero-order valence-corrected chi connectivity index (χ0v) is 11.1. The highest BCUT2D eigenvalue weighted by Gasteiger charge is 2.19. The van der Waals surface area contributed by atoms with Crippen LogP contribution in [0, 0.1) is 5.41 Å². The second kappa shape index (κ2) is 6.93. The SMILES string of the molecule is N=C(N)NCC1COc2ccccc2O1.O=S(=O)(O)O. The number of hydrogen-bond acceptors (Lipinski definition) is 5. The number of guanidine groups is 1. The van der Waals surface area contributed by atoms with Crippen LogP contribution in [0.2, 0.25) is 0 Å². The lowest BCUT2D eigenvalue weighted by Gasteiger charge is -2.26. The molecule has 1 unspecified atom stereocenters. The summed E-state index contributed by atoms with van der Waals surface area (Å²) in [6.07, 6.45) is -0.108. The third-order valence-electron chi connectivity index (χ3n) is 2.09. The van der Waals surface area contributed by atoms with Crippen molar-refractivity contribution >= 4 is 16.4 Å². The maximum absolute atomic E-state index is 8.74. The molecular weight excluding hydrogens is 290 g/mol. The Kier molecular flexibility index (Phi) is 5.55. The van der Waals surface area contributed by atoms with Gasteiger partial charge in [-0.1, -0.05) is 12.1 Å². The zero-order valence-electron chi connectivity index (χ0n) is 10.3. The predicted octanol–water partition coefficient (Wildman–Crippen LogP) is -0.343. The number of fused-ring (bicyclic) bond motifs is 1. The van der Waals surface area contributed by atoms with Gasteiger partial charge >= 0.3 is 10.4 Å². The summed E-state index contributed by atoms with van der Waals surface area (Å²) in [6.45, 7) is 0.945. The lowest BCUT2D eigenvalue weighted by molar-refractivity contribution is 0.0937. The van der Waals surface area contributed by atoms with Crippen LogP contribution in [-0.2, 0) is 10.4 Å². The van der Waals surface area contributed by atoms with Gasteiger partial charge in [0.1, 0.15) is 12.7 Å². The third-order valence-corrected chi connectivity index (χ3v) is 2.09. The Hall–Kier alpha value is -2.04. The molecule has 1 heterocycles. The maximum atomic E-state index is 8.74. The van der Waals surface area contributed by atoms with Gasteiger partial charge in [-0.3, -0.25) is 14.5 Å². The van der Waals surface area contributed by atoms with Crippen LogP contribution in [0.15, 0.2) is 24.3 Å². The summed E-state index contributed by atoms with van der Waals surface area (Å²) in [7, 11) is -4.67. The van der Waals surface area contributed by atoms with Crippen LogP contribution in [0.3, 0.4) is 0 Å². The molecule has 1 aromatic rings. The molecule has 0 radical (unpaired) electrons. The first-order valence-corrected chi connectivity index (χ1v) is 6.81. The molecule has 0 saturated carbocycles. The van der Waals surface area contributed by atoms with E-state index in [9.17, 15) is 0 Å². The molecule has 2 rings (SSSR count). The van der Waals surface area contributed by atoms with E-state index in [1.165, 1.54) is 0 Å². The average Bonchev–Trinajstić information content (AvgIpc) is 2.34. The van der Waals surface area contributed by atoms with Gasteiger partial charge in [-0.2, -0.15) is 8.42 Å². The number of rotatable bonds is 2. The maximum Gasteiger partial charge on any atom is 0.394 e. The van der Waals surface area contributed by atoms with Crippen molar-refractivity contribution in [2.45, 2.75) is 6.10 Å². The Morgan fingerprint density at radius 2 is 1.95 bits per heavy atom. The molecule has 1 aliphatic rings. The van der Waals surface area contributed by atoms with Gasteiger partial charge in [0.25, 0.3) is 0 Å². The summed E-state index contributed by atoms with van der Waals surface area (Å²) in [6, 6.07) is 7.51. The second-order valence-electron chi connectivity index (χ2n) is 3.74. The molecule has 0 bridgehead atoms. The predicted molar refractivity (Wildman–Crippen MR) is 70.4 cm³/mol. The number of nitrogens with two attached hydrogens (primary N) is 1. The molecule has 6 N–H and O–H groups in total. The van der Waals surface area contributed by atoms with E-state index >= 15 is 0 Å². The van der Waals surface area contributed by atoms with Gasteiger partial charge in [0, 0.05) is 0 Å². The minimum Gasteiger partial charge on any atom is -0.486 e. The minimum absolute atomic E-state index is 0.0579. The molecule has 0 aliphatic carbocycles. The van der Waals surface area contributed by atoms with Crippen molar-refractivity contribution < 1.29 is 27.0 Å². The van der Waals surface area contributed by atoms with Crippen molar-refractivity contribution in [3.63, 3.8) is 0 Å². The quantitative estimate of drug-likeness (QED) is 0.282. The van der Waals surface area contributed by atoms with Crippen molar-refractivity contribution in [3.8, 4) is 11.5 Å². The van der Waals surface area contributed by atoms with Gasteiger partial charge in [-0.25, -0.2) is 0 Å². The zero-order chi connectivity index (χ0) is 15.2. The summed E-state index contributed by atoms with van der Waals surface area (Å²) in [5.74, 6) is 1.44. The Morgan fingerprint density at radius 1 is 1.40 bits per heavy atom. The summed E-state index contributed by atoms with van der Waals surface area (Å²) in [5.41, 5.74) is 5.18. The standard InChI is InChI=1S/C10H13N3O2.H2O4S/c11-10(12)13-5-7-6-14-8-3-1-2-4-9(8)15-7;1-5(2,3)4/h1-4,7H,5-6H2,(H4,11,12,13);(H2,1,2,3,4). The lowest BCUT2D eigenvalue weighted by Crippen LogP contribution is -2.42. The van der Waals surface area contributed by atoms with E-state index in [-0.39, 0.29) is 12.1 Å². The number of benzene rings is 1.